The monoisotopic (exact) mass is 398 g/mol. The first-order chi connectivity index (χ1) is 14.1. The number of aromatic nitrogens is 1. The summed E-state index contributed by atoms with van der Waals surface area (Å²) >= 11 is 0. The molecule has 7 heteroatoms. The summed E-state index contributed by atoms with van der Waals surface area (Å²) in [4.78, 5) is 13.9. The Balaban J connectivity index is 1.51. The summed E-state index contributed by atoms with van der Waals surface area (Å²) < 4.78 is 13.3. The number of halogens is 1. The second-order valence-corrected chi connectivity index (χ2v) is 7.32. The lowest BCUT2D eigenvalue weighted by Gasteiger charge is -2.33. The number of nitrogens with zero attached hydrogens (tertiary/aromatic N) is 4. The average Bonchev–Trinajstić information content (AvgIpc) is 2.73. The normalized spacial score (nSPS) is 15.4. The molecule has 2 aromatic rings. The molecule has 1 saturated heterocycles. The molecule has 0 atom stereocenters. The molecule has 0 spiro atoms. The molecule has 0 unspecified atom stereocenters. The van der Waals surface area contributed by atoms with Gasteiger partial charge in [-0.05, 0) is 49.7 Å². The second kappa shape index (κ2) is 10.8. The quantitative estimate of drug-likeness (QED) is 0.554. The first kappa shape index (κ1) is 21.0. The molecule has 0 radical (unpaired) electrons. The Morgan fingerprint density at radius 1 is 1.10 bits per heavy atom. The van der Waals surface area contributed by atoms with Crippen LogP contribution in [0.5, 0.6) is 0 Å². The van der Waals surface area contributed by atoms with Crippen LogP contribution in [0.15, 0.2) is 47.6 Å². The lowest BCUT2D eigenvalue weighted by molar-refractivity contribution is 0.312. The zero-order chi connectivity index (χ0) is 20.5. The van der Waals surface area contributed by atoms with Gasteiger partial charge in [-0.1, -0.05) is 18.2 Å². The van der Waals surface area contributed by atoms with E-state index in [-0.39, 0.29) is 5.82 Å². The molecule has 0 saturated carbocycles. The van der Waals surface area contributed by atoms with Crippen molar-refractivity contribution in [3.8, 4) is 0 Å². The minimum absolute atomic E-state index is 0.199. The van der Waals surface area contributed by atoms with Gasteiger partial charge in [0.25, 0.3) is 0 Å². The maximum atomic E-state index is 13.3. The highest BCUT2D eigenvalue weighted by Gasteiger charge is 2.14. The number of benzene rings is 1. The standard InChI is InChI=1S/C22H31FN6/c1-3-24-22(25-10-9-18-5-4-6-20(23)15-18)27-17-19-7-8-21(26-16-19)29-13-11-28(2)12-14-29/h4-8,15-16H,3,9-14,17H2,1-2H3,(H2,24,25,27). The summed E-state index contributed by atoms with van der Waals surface area (Å²) in [5.74, 6) is 1.59. The van der Waals surface area contributed by atoms with Crippen LogP contribution in [0.1, 0.15) is 18.1 Å². The highest BCUT2D eigenvalue weighted by molar-refractivity contribution is 5.79. The van der Waals surface area contributed by atoms with Crippen molar-refractivity contribution < 1.29 is 4.39 Å². The molecule has 1 aliphatic rings. The minimum Gasteiger partial charge on any atom is -0.357 e. The van der Waals surface area contributed by atoms with Crippen molar-refractivity contribution in [1.82, 2.24) is 20.5 Å². The van der Waals surface area contributed by atoms with E-state index in [1.165, 1.54) is 6.07 Å². The molecule has 156 valence electrons. The Labute approximate surface area is 172 Å². The van der Waals surface area contributed by atoms with Crippen LogP contribution in [0.2, 0.25) is 0 Å². The number of nitrogens with one attached hydrogen (secondary N) is 2. The number of piperazine rings is 1. The van der Waals surface area contributed by atoms with Crippen LogP contribution in [0, 0.1) is 5.82 Å². The lowest BCUT2D eigenvalue weighted by Crippen LogP contribution is -2.44. The maximum absolute atomic E-state index is 13.3. The van der Waals surface area contributed by atoms with Gasteiger partial charge >= 0.3 is 0 Å². The third-order valence-corrected chi connectivity index (χ3v) is 5.00. The molecular formula is C22H31FN6. The van der Waals surface area contributed by atoms with Gasteiger partial charge in [-0.3, -0.25) is 0 Å². The summed E-state index contributed by atoms with van der Waals surface area (Å²) in [6.07, 6.45) is 2.65. The topological polar surface area (TPSA) is 55.8 Å². The van der Waals surface area contributed by atoms with Crippen molar-refractivity contribution in [3.63, 3.8) is 0 Å². The molecule has 1 fully saturated rings. The van der Waals surface area contributed by atoms with E-state index in [0.717, 1.165) is 62.0 Å². The first-order valence-electron chi connectivity index (χ1n) is 10.3. The molecular weight excluding hydrogens is 367 g/mol. The molecule has 29 heavy (non-hydrogen) atoms. The summed E-state index contributed by atoms with van der Waals surface area (Å²) in [6, 6.07) is 10.9. The van der Waals surface area contributed by atoms with E-state index in [1.54, 1.807) is 12.1 Å². The van der Waals surface area contributed by atoms with Gasteiger partial charge in [0.15, 0.2) is 5.96 Å². The van der Waals surface area contributed by atoms with Crippen molar-refractivity contribution in [3.05, 3.63) is 59.5 Å². The Hall–Kier alpha value is -2.67. The van der Waals surface area contributed by atoms with Gasteiger partial charge in [0.1, 0.15) is 11.6 Å². The Morgan fingerprint density at radius 3 is 2.62 bits per heavy atom. The van der Waals surface area contributed by atoms with E-state index < -0.39 is 0 Å². The Morgan fingerprint density at radius 2 is 1.93 bits per heavy atom. The number of likely N-dealkylation sites (N-methyl/N-ethyl adjacent to an activating group) is 1. The van der Waals surface area contributed by atoms with E-state index in [2.05, 4.69) is 49.6 Å². The van der Waals surface area contributed by atoms with Crippen LogP contribution < -0.4 is 15.5 Å². The molecule has 3 rings (SSSR count). The van der Waals surface area contributed by atoms with Crippen molar-refractivity contribution in [2.24, 2.45) is 4.99 Å². The fraction of sp³-hybridized carbons (Fsp3) is 0.455. The molecule has 2 heterocycles. The number of anilines is 1. The van der Waals surface area contributed by atoms with Gasteiger partial charge in [0.05, 0.1) is 6.54 Å². The van der Waals surface area contributed by atoms with E-state index >= 15 is 0 Å². The number of rotatable bonds is 7. The largest absolute Gasteiger partial charge is 0.357 e. The number of aliphatic imine (C=N–C) groups is 1. The zero-order valence-corrected chi connectivity index (χ0v) is 17.4. The van der Waals surface area contributed by atoms with E-state index in [4.69, 9.17) is 0 Å². The van der Waals surface area contributed by atoms with E-state index in [0.29, 0.717) is 13.1 Å². The summed E-state index contributed by atoms with van der Waals surface area (Å²) in [7, 11) is 2.15. The van der Waals surface area contributed by atoms with Gasteiger partial charge in [-0.2, -0.15) is 0 Å². The van der Waals surface area contributed by atoms with Gasteiger partial charge in [0, 0.05) is 45.5 Å². The number of guanidine groups is 1. The van der Waals surface area contributed by atoms with Crippen molar-refractivity contribution in [2.45, 2.75) is 19.9 Å². The van der Waals surface area contributed by atoms with Crippen LogP contribution in [0.25, 0.3) is 0 Å². The Kier molecular flexibility index (Phi) is 7.81. The van der Waals surface area contributed by atoms with Crippen LogP contribution in [0.3, 0.4) is 0 Å². The van der Waals surface area contributed by atoms with Crippen LogP contribution in [-0.2, 0) is 13.0 Å². The summed E-state index contributed by atoms with van der Waals surface area (Å²) in [5, 5.41) is 6.56. The lowest BCUT2D eigenvalue weighted by atomic mass is 10.1. The molecule has 1 aromatic heterocycles. The highest BCUT2D eigenvalue weighted by atomic mass is 19.1. The van der Waals surface area contributed by atoms with Crippen LogP contribution in [-0.4, -0.2) is 62.2 Å². The predicted molar refractivity (Wildman–Crippen MR) is 117 cm³/mol. The second-order valence-electron chi connectivity index (χ2n) is 7.32. The third-order valence-electron chi connectivity index (χ3n) is 5.00. The van der Waals surface area contributed by atoms with Crippen molar-refractivity contribution in [2.75, 3.05) is 51.2 Å². The first-order valence-corrected chi connectivity index (χ1v) is 10.3. The average molecular weight is 399 g/mol. The van der Waals surface area contributed by atoms with Crippen molar-refractivity contribution >= 4 is 11.8 Å². The highest BCUT2D eigenvalue weighted by Crippen LogP contribution is 2.14. The van der Waals surface area contributed by atoms with E-state index in [1.807, 2.05) is 19.2 Å². The number of hydrogen-bond donors (Lipinski definition) is 2. The molecule has 0 aliphatic carbocycles. The van der Waals surface area contributed by atoms with Crippen LogP contribution in [0.4, 0.5) is 10.2 Å². The van der Waals surface area contributed by atoms with Gasteiger partial charge in [-0.25, -0.2) is 14.4 Å². The predicted octanol–water partition coefficient (Wildman–Crippen LogP) is 2.27. The van der Waals surface area contributed by atoms with Gasteiger partial charge in [-0.15, -0.1) is 0 Å². The molecule has 6 nitrogen and oxygen atoms in total. The maximum Gasteiger partial charge on any atom is 0.191 e. The summed E-state index contributed by atoms with van der Waals surface area (Å²) in [6.45, 7) is 8.24. The van der Waals surface area contributed by atoms with E-state index in [9.17, 15) is 4.39 Å². The molecule has 2 N–H and O–H groups in total. The minimum atomic E-state index is -0.199. The molecule has 1 aromatic carbocycles. The fourth-order valence-electron chi connectivity index (χ4n) is 3.26. The number of pyridine rings is 1. The molecule has 0 amide bonds. The Bertz CT molecular complexity index is 784. The fourth-order valence-corrected chi connectivity index (χ4v) is 3.26. The van der Waals surface area contributed by atoms with Crippen LogP contribution >= 0.6 is 0 Å². The SMILES string of the molecule is CCNC(=NCc1ccc(N2CCN(C)CC2)nc1)NCCc1cccc(F)c1. The molecule has 0 bridgehead atoms. The van der Waals surface area contributed by atoms with Gasteiger partial charge in [0.2, 0.25) is 0 Å². The molecule has 1 aliphatic heterocycles. The smallest absolute Gasteiger partial charge is 0.191 e. The van der Waals surface area contributed by atoms with Gasteiger partial charge < -0.3 is 20.4 Å². The zero-order valence-electron chi connectivity index (χ0n) is 17.4. The third kappa shape index (κ3) is 6.71. The number of hydrogen-bond acceptors (Lipinski definition) is 4. The van der Waals surface area contributed by atoms with Crippen molar-refractivity contribution in [1.29, 1.82) is 0 Å². The summed E-state index contributed by atoms with van der Waals surface area (Å²) in [5.41, 5.74) is 2.04.